The minimum absolute atomic E-state index is 0.0877. The van der Waals surface area contributed by atoms with Crippen LogP contribution in [-0.2, 0) is 14.3 Å². The van der Waals surface area contributed by atoms with Gasteiger partial charge in [0.05, 0.1) is 12.5 Å². The van der Waals surface area contributed by atoms with Gasteiger partial charge in [0.15, 0.2) is 5.03 Å². The van der Waals surface area contributed by atoms with Gasteiger partial charge in [-0.1, -0.05) is 12.1 Å². The third kappa shape index (κ3) is 6.01. The number of piperidine rings is 1. The summed E-state index contributed by atoms with van der Waals surface area (Å²) in [6.45, 7) is 0.330. The minimum atomic E-state index is -4.47. The molecule has 1 aromatic heterocycles. The average Bonchev–Trinajstić information content (AvgIpc) is 2.85. The van der Waals surface area contributed by atoms with E-state index in [4.69, 9.17) is 20.5 Å². The molecule has 0 radical (unpaired) electrons. The van der Waals surface area contributed by atoms with E-state index in [0.29, 0.717) is 23.5 Å². The third-order valence-corrected chi connectivity index (χ3v) is 7.19. The van der Waals surface area contributed by atoms with Crippen LogP contribution in [0.25, 0.3) is 0 Å². The normalized spacial score (nSPS) is 18.1. The highest BCUT2D eigenvalue weighted by Crippen LogP contribution is 2.32. The van der Waals surface area contributed by atoms with Gasteiger partial charge in [0.1, 0.15) is 11.6 Å². The summed E-state index contributed by atoms with van der Waals surface area (Å²) in [4.78, 5) is 17.7. The number of nitrogens with one attached hydrogen (secondary N) is 1. The molecule has 0 saturated carbocycles. The number of likely N-dealkylation sites (tertiary alicyclic amines) is 1. The van der Waals surface area contributed by atoms with Crippen LogP contribution in [0.1, 0.15) is 17.9 Å². The first-order valence-corrected chi connectivity index (χ1v) is 12.6. The Morgan fingerprint density at radius 1 is 1.11 bits per heavy atom. The number of amides is 1. The number of hydrogen-bond acceptors (Lipinski definition) is 7. The van der Waals surface area contributed by atoms with E-state index in [0.717, 1.165) is 5.56 Å². The molecule has 1 saturated heterocycles. The molecule has 1 fully saturated rings. The molecule has 4 rings (SSSR count). The molecule has 0 spiro atoms. The molecule has 184 valence electrons. The summed E-state index contributed by atoms with van der Waals surface area (Å²) < 4.78 is 48.6. The number of pyridine rings is 1. The largest absolute Gasteiger partial charge is 0.497 e. The lowest BCUT2D eigenvalue weighted by Crippen LogP contribution is -2.44. The monoisotopic (exact) mass is 519 g/mol. The van der Waals surface area contributed by atoms with Gasteiger partial charge in [-0.25, -0.2) is 14.2 Å². The van der Waals surface area contributed by atoms with Crippen molar-refractivity contribution in [3.63, 3.8) is 0 Å². The van der Waals surface area contributed by atoms with Crippen molar-refractivity contribution in [1.29, 1.82) is 0 Å². The van der Waals surface area contributed by atoms with Crippen LogP contribution < -0.4 is 10.1 Å². The number of nitrogens with zero attached hydrogens (tertiary/aromatic N) is 2. The quantitative estimate of drug-likeness (QED) is 0.365. The second kappa shape index (κ2) is 10.5. The topological polar surface area (TPSA) is 97.8 Å². The van der Waals surface area contributed by atoms with E-state index in [1.807, 2.05) is 0 Å². The van der Waals surface area contributed by atoms with E-state index in [9.17, 15) is 17.6 Å². The van der Waals surface area contributed by atoms with Gasteiger partial charge in [-0.15, -0.1) is 11.6 Å². The van der Waals surface area contributed by atoms with Crippen molar-refractivity contribution in [3.05, 3.63) is 78.2 Å². The maximum absolute atomic E-state index is 13.2. The molecule has 0 aliphatic carbocycles. The number of benzene rings is 2. The fraction of sp³-hybridized carbons (Fsp3) is 0.250. The van der Waals surface area contributed by atoms with E-state index < -0.39 is 26.6 Å². The van der Waals surface area contributed by atoms with Crippen molar-refractivity contribution in [2.24, 2.45) is 0 Å². The van der Waals surface area contributed by atoms with E-state index in [1.54, 1.807) is 49.6 Å². The molecule has 0 bridgehead atoms. The van der Waals surface area contributed by atoms with E-state index in [1.165, 1.54) is 29.3 Å². The molecule has 11 heteroatoms. The van der Waals surface area contributed by atoms with Crippen LogP contribution in [-0.4, -0.2) is 50.0 Å². The molecule has 2 unspecified atom stereocenters. The number of alkyl halides is 1. The number of halogens is 2. The first-order valence-electron chi connectivity index (χ1n) is 10.8. The predicted octanol–water partition coefficient (Wildman–Crippen LogP) is 4.90. The Bertz CT molecular complexity index is 1290. The summed E-state index contributed by atoms with van der Waals surface area (Å²) in [7, 11) is -2.91. The maximum atomic E-state index is 13.2. The average molecular weight is 520 g/mol. The Labute approximate surface area is 207 Å². The molecule has 3 aromatic rings. The lowest BCUT2D eigenvalue weighted by atomic mass is 9.89. The Kier molecular flexibility index (Phi) is 7.42. The Morgan fingerprint density at radius 3 is 2.49 bits per heavy atom. The van der Waals surface area contributed by atoms with Crippen LogP contribution in [0.2, 0.25) is 0 Å². The van der Waals surface area contributed by atoms with Crippen LogP contribution >= 0.6 is 11.6 Å². The number of methoxy groups -OCH3 is 1. The molecular weight excluding hydrogens is 497 g/mol. The number of anilines is 2. The van der Waals surface area contributed by atoms with Crippen LogP contribution in [0.3, 0.4) is 0 Å². The van der Waals surface area contributed by atoms with Crippen LogP contribution in [0.5, 0.6) is 5.75 Å². The van der Waals surface area contributed by atoms with Crippen LogP contribution in [0.4, 0.5) is 20.6 Å². The Balaban J connectivity index is 1.40. The third-order valence-electron chi connectivity index (χ3n) is 5.65. The lowest BCUT2D eigenvalue weighted by molar-refractivity contribution is 0.141. The summed E-state index contributed by atoms with van der Waals surface area (Å²) in [6.07, 6.45) is 0.757. The number of carbonyl (C=O) groups is 1. The van der Waals surface area contributed by atoms with Gasteiger partial charge in [0, 0.05) is 42.6 Å². The van der Waals surface area contributed by atoms with Gasteiger partial charge in [0.2, 0.25) is 0 Å². The number of rotatable bonds is 6. The fourth-order valence-corrected chi connectivity index (χ4v) is 5.09. The van der Waals surface area contributed by atoms with E-state index in [2.05, 4.69) is 10.3 Å². The number of hydrogen-bond donors (Lipinski definition) is 1. The van der Waals surface area contributed by atoms with E-state index >= 15 is 0 Å². The molecule has 2 aromatic carbocycles. The standard InChI is InChI=1S/C24H23ClFN3O5S/c1-33-20-8-6-18(7-9-20)28-19-10-12-27-23(14-19)35(31,32)34-24(30)29-13-11-21(22(25)15-29)16-2-4-17(26)5-3-16/h2-10,12,14,21-22H,11,13,15H2,1H3,(H,27,28). The summed E-state index contributed by atoms with van der Waals surface area (Å²) in [5.74, 6) is 0.240. The Hall–Kier alpha value is -3.37. The maximum Gasteiger partial charge on any atom is 0.425 e. The smallest absolute Gasteiger partial charge is 0.425 e. The van der Waals surface area contributed by atoms with Gasteiger partial charge < -0.3 is 19.1 Å². The zero-order valence-electron chi connectivity index (χ0n) is 18.7. The molecule has 35 heavy (non-hydrogen) atoms. The molecule has 1 aliphatic rings. The van der Waals surface area contributed by atoms with Gasteiger partial charge >= 0.3 is 16.2 Å². The molecule has 1 aliphatic heterocycles. The second-order valence-electron chi connectivity index (χ2n) is 7.95. The molecule has 1 N–H and O–H groups in total. The molecule has 2 atom stereocenters. The number of ether oxygens (including phenoxy) is 1. The molecule has 2 heterocycles. The van der Waals surface area contributed by atoms with Crippen LogP contribution in [0, 0.1) is 5.82 Å². The number of carbonyl (C=O) groups excluding carboxylic acids is 1. The van der Waals surface area contributed by atoms with Gasteiger partial charge in [-0.3, -0.25) is 0 Å². The summed E-state index contributed by atoms with van der Waals surface area (Å²) in [5.41, 5.74) is 2.01. The predicted molar refractivity (Wildman–Crippen MR) is 129 cm³/mol. The lowest BCUT2D eigenvalue weighted by Gasteiger charge is -2.35. The highest BCUT2D eigenvalue weighted by molar-refractivity contribution is 7.87. The Morgan fingerprint density at radius 2 is 1.83 bits per heavy atom. The highest BCUT2D eigenvalue weighted by Gasteiger charge is 2.34. The molecule has 8 nitrogen and oxygen atoms in total. The summed E-state index contributed by atoms with van der Waals surface area (Å²) >= 11 is 6.48. The molecule has 1 amide bonds. The molecular formula is C24H23ClFN3O5S. The highest BCUT2D eigenvalue weighted by atomic mass is 35.5. The minimum Gasteiger partial charge on any atom is -0.497 e. The van der Waals surface area contributed by atoms with Gasteiger partial charge in [-0.05, 0) is 54.4 Å². The van der Waals surface area contributed by atoms with Crippen molar-refractivity contribution < 1.29 is 26.5 Å². The van der Waals surface area contributed by atoms with Crippen molar-refractivity contribution in [3.8, 4) is 5.75 Å². The first kappa shape index (κ1) is 24.7. The fourth-order valence-electron chi connectivity index (χ4n) is 3.81. The zero-order valence-corrected chi connectivity index (χ0v) is 20.3. The first-order chi connectivity index (χ1) is 16.7. The zero-order chi connectivity index (χ0) is 25.0. The van der Waals surface area contributed by atoms with Crippen molar-refractivity contribution in [2.45, 2.75) is 22.7 Å². The van der Waals surface area contributed by atoms with Crippen molar-refractivity contribution >= 4 is 39.2 Å². The van der Waals surface area contributed by atoms with Crippen LogP contribution in [0.15, 0.2) is 71.9 Å². The van der Waals surface area contributed by atoms with Crippen molar-refractivity contribution in [2.75, 3.05) is 25.5 Å². The van der Waals surface area contributed by atoms with Crippen molar-refractivity contribution in [1.82, 2.24) is 9.88 Å². The second-order valence-corrected chi connectivity index (χ2v) is 10.0. The summed E-state index contributed by atoms with van der Waals surface area (Å²) in [5, 5.41) is 2.17. The number of aromatic nitrogens is 1. The SMILES string of the molecule is COc1ccc(Nc2ccnc(S(=O)(=O)OC(=O)N3CCC(c4ccc(F)cc4)C(Cl)C3)c2)cc1. The van der Waals surface area contributed by atoms with Gasteiger partial charge in [-0.2, -0.15) is 8.42 Å². The van der Waals surface area contributed by atoms with Gasteiger partial charge in [0.25, 0.3) is 0 Å². The summed E-state index contributed by atoms with van der Waals surface area (Å²) in [6, 6.07) is 15.9. The van der Waals surface area contributed by atoms with E-state index in [-0.39, 0.29) is 24.8 Å².